The van der Waals surface area contributed by atoms with Gasteiger partial charge in [-0.05, 0) is 50.2 Å². The molecule has 2 aromatic carbocycles. The van der Waals surface area contributed by atoms with Crippen molar-refractivity contribution in [2.45, 2.75) is 19.4 Å². The Morgan fingerprint density at radius 2 is 1.63 bits per heavy atom. The van der Waals surface area contributed by atoms with Crippen LogP contribution in [-0.2, 0) is 16.1 Å². The van der Waals surface area contributed by atoms with E-state index < -0.39 is 0 Å². The second-order valence-corrected chi connectivity index (χ2v) is 7.91. The van der Waals surface area contributed by atoms with Gasteiger partial charge >= 0.3 is 0 Å². The highest BCUT2D eigenvalue weighted by Crippen LogP contribution is 2.28. The van der Waals surface area contributed by atoms with Gasteiger partial charge in [0.05, 0.1) is 17.6 Å². The number of carbonyl (C=O) groups excluding carboxylic acids is 1. The summed E-state index contributed by atoms with van der Waals surface area (Å²) in [6, 6.07) is 14.9. The van der Waals surface area contributed by atoms with Crippen molar-refractivity contribution >= 4 is 40.1 Å². The van der Waals surface area contributed by atoms with Gasteiger partial charge in [-0.15, -0.1) is 12.4 Å². The van der Waals surface area contributed by atoms with Crippen molar-refractivity contribution in [1.29, 1.82) is 0 Å². The number of halogens is 1. The molecule has 1 aliphatic rings. The molecule has 0 unspecified atom stereocenters. The number of amides is 1. The summed E-state index contributed by atoms with van der Waals surface area (Å²) >= 11 is 0. The molecular weight excluding hydrogens is 402 g/mol. The van der Waals surface area contributed by atoms with E-state index in [1.54, 1.807) is 7.11 Å². The van der Waals surface area contributed by atoms with Gasteiger partial charge in [0.15, 0.2) is 5.43 Å². The van der Waals surface area contributed by atoms with E-state index in [2.05, 4.69) is 10.6 Å². The lowest BCUT2D eigenvalue weighted by atomic mass is 9.79. The number of rotatable bonds is 6. The molecule has 2 heterocycles. The van der Waals surface area contributed by atoms with Gasteiger partial charge in [0.1, 0.15) is 6.54 Å². The van der Waals surface area contributed by atoms with Crippen LogP contribution >= 0.6 is 12.4 Å². The lowest BCUT2D eigenvalue weighted by Gasteiger charge is -2.37. The summed E-state index contributed by atoms with van der Waals surface area (Å²) in [4.78, 5) is 25.7. The molecule has 30 heavy (non-hydrogen) atoms. The number of nitrogens with zero attached hydrogens (tertiary/aromatic N) is 1. The Hall–Kier alpha value is -2.41. The second kappa shape index (κ2) is 9.60. The quantitative estimate of drug-likeness (QED) is 0.591. The highest BCUT2D eigenvalue weighted by Gasteiger charge is 2.32. The Bertz CT molecular complexity index is 1020. The Balaban J connectivity index is 0.00000256. The number of benzene rings is 2. The first-order valence-electron chi connectivity index (χ1n) is 10.1. The summed E-state index contributed by atoms with van der Waals surface area (Å²) in [5.41, 5.74) is 1.53. The molecule has 1 amide bonds. The number of aromatic nitrogens is 1. The predicted molar refractivity (Wildman–Crippen MR) is 122 cm³/mol. The molecule has 160 valence electrons. The van der Waals surface area contributed by atoms with E-state index in [1.165, 1.54) is 0 Å². The normalized spacial score (nSPS) is 15.6. The molecule has 0 saturated carbocycles. The maximum absolute atomic E-state index is 12.9. The lowest BCUT2D eigenvalue weighted by molar-refractivity contribution is -0.122. The van der Waals surface area contributed by atoms with Crippen molar-refractivity contribution in [3.05, 3.63) is 58.8 Å². The smallest absolute Gasteiger partial charge is 0.239 e. The summed E-state index contributed by atoms with van der Waals surface area (Å²) in [7, 11) is 1.71. The van der Waals surface area contributed by atoms with Crippen LogP contribution in [0.15, 0.2) is 53.3 Å². The van der Waals surface area contributed by atoms with E-state index in [9.17, 15) is 9.59 Å². The van der Waals surface area contributed by atoms with Crippen molar-refractivity contribution in [2.24, 2.45) is 5.41 Å². The second-order valence-electron chi connectivity index (χ2n) is 7.91. The minimum absolute atomic E-state index is 0. The molecule has 4 rings (SSSR count). The van der Waals surface area contributed by atoms with Crippen molar-refractivity contribution in [3.8, 4) is 0 Å². The van der Waals surface area contributed by atoms with Gasteiger partial charge in [0, 0.05) is 29.8 Å². The molecule has 1 aromatic heterocycles. The number of hydrogen-bond donors (Lipinski definition) is 2. The van der Waals surface area contributed by atoms with E-state index in [1.807, 2.05) is 53.1 Å². The minimum Gasteiger partial charge on any atom is -0.384 e. The number of hydrogen-bond acceptors (Lipinski definition) is 4. The Morgan fingerprint density at radius 1 is 1.07 bits per heavy atom. The van der Waals surface area contributed by atoms with Gasteiger partial charge in [-0.2, -0.15) is 0 Å². The molecule has 0 bridgehead atoms. The van der Waals surface area contributed by atoms with Crippen molar-refractivity contribution in [3.63, 3.8) is 0 Å². The number of methoxy groups -OCH3 is 1. The number of para-hydroxylation sites is 2. The number of pyridine rings is 1. The van der Waals surface area contributed by atoms with Crippen molar-refractivity contribution < 1.29 is 9.53 Å². The highest BCUT2D eigenvalue weighted by atomic mass is 35.5. The van der Waals surface area contributed by atoms with Crippen LogP contribution in [0.3, 0.4) is 0 Å². The van der Waals surface area contributed by atoms with Crippen LogP contribution in [-0.4, -0.2) is 43.8 Å². The monoisotopic (exact) mass is 429 g/mol. The Labute approximate surface area is 182 Å². The number of carbonyl (C=O) groups is 1. The van der Waals surface area contributed by atoms with Gasteiger partial charge in [-0.3, -0.25) is 9.59 Å². The average molecular weight is 430 g/mol. The predicted octanol–water partition coefficient (Wildman–Crippen LogP) is 2.71. The molecule has 0 aliphatic carbocycles. The number of piperidine rings is 1. The average Bonchev–Trinajstić information content (AvgIpc) is 2.76. The first-order valence-corrected chi connectivity index (χ1v) is 10.1. The first-order chi connectivity index (χ1) is 14.1. The third-order valence-corrected chi connectivity index (χ3v) is 5.96. The molecule has 1 fully saturated rings. The highest BCUT2D eigenvalue weighted by molar-refractivity contribution is 5.94. The van der Waals surface area contributed by atoms with Gasteiger partial charge in [0.2, 0.25) is 5.91 Å². The fraction of sp³-hybridized carbons (Fsp3) is 0.391. The standard InChI is InChI=1S/C23H27N3O3.ClH/c1-29-16-23(10-12-24-13-11-23)15-25-21(27)14-26-19-8-4-2-6-17(19)22(28)18-7-3-5-9-20(18)26;/h2-9,24H,10-16H2,1H3,(H,25,27);1H. The molecule has 3 aromatic rings. The third kappa shape index (κ3) is 4.36. The number of fused-ring (bicyclic) bond motifs is 2. The number of nitrogens with one attached hydrogen (secondary N) is 2. The van der Waals surface area contributed by atoms with E-state index in [0.29, 0.717) is 23.9 Å². The molecular formula is C23H28ClN3O3. The van der Waals surface area contributed by atoms with Crippen LogP contribution in [0, 0.1) is 5.41 Å². The van der Waals surface area contributed by atoms with Gasteiger partial charge < -0.3 is 19.9 Å². The maximum atomic E-state index is 12.9. The summed E-state index contributed by atoms with van der Waals surface area (Å²) in [5.74, 6) is -0.0574. The van der Waals surface area contributed by atoms with Crippen LogP contribution in [0.1, 0.15) is 12.8 Å². The van der Waals surface area contributed by atoms with Crippen LogP contribution in [0.25, 0.3) is 21.8 Å². The van der Waals surface area contributed by atoms with Crippen molar-refractivity contribution in [2.75, 3.05) is 33.4 Å². The lowest BCUT2D eigenvalue weighted by Crippen LogP contribution is -2.47. The largest absolute Gasteiger partial charge is 0.384 e. The maximum Gasteiger partial charge on any atom is 0.239 e. The van der Waals surface area contributed by atoms with E-state index in [0.717, 1.165) is 37.0 Å². The first kappa shape index (κ1) is 22.3. The Kier molecular flexibility index (Phi) is 7.13. The summed E-state index contributed by atoms with van der Waals surface area (Å²) < 4.78 is 7.38. The van der Waals surface area contributed by atoms with E-state index in [-0.39, 0.29) is 35.7 Å². The molecule has 0 radical (unpaired) electrons. The van der Waals surface area contributed by atoms with Crippen LogP contribution in [0.2, 0.25) is 0 Å². The fourth-order valence-electron chi connectivity index (χ4n) is 4.37. The molecule has 6 nitrogen and oxygen atoms in total. The zero-order valence-corrected chi connectivity index (χ0v) is 18.0. The molecule has 7 heteroatoms. The van der Waals surface area contributed by atoms with Gasteiger partial charge in [0.25, 0.3) is 0 Å². The summed E-state index contributed by atoms with van der Waals surface area (Å²) in [5, 5.41) is 7.76. The van der Waals surface area contributed by atoms with Crippen molar-refractivity contribution in [1.82, 2.24) is 15.2 Å². The summed E-state index contributed by atoms with van der Waals surface area (Å²) in [6.45, 7) is 3.28. The van der Waals surface area contributed by atoms with Gasteiger partial charge in [-0.1, -0.05) is 24.3 Å². The zero-order chi connectivity index (χ0) is 20.3. The molecule has 0 atom stereocenters. The summed E-state index contributed by atoms with van der Waals surface area (Å²) in [6.07, 6.45) is 1.95. The van der Waals surface area contributed by atoms with Crippen LogP contribution in [0.5, 0.6) is 0 Å². The van der Waals surface area contributed by atoms with Crippen LogP contribution in [0.4, 0.5) is 0 Å². The van der Waals surface area contributed by atoms with E-state index in [4.69, 9.17) is 4.74 Å². The SMILES string of the molecule is COCC1(CNC(=O)Cn2c3ccccc3c(=O)c3ccccc32)CCNCC1.Cl. The van der Waals surface area contributed by atoms with Gasteiger partial charge in [-0.25, -0.2) is 0 Å². The minimum atomic E-state index is -0.0574. The molecule has 2 N–H and O–H groups in total. The fourth-order valence-corrected chi connectivity index (χ4v) is 4.37. The third-order valence-electron chi connectivity index (χ3n) is 5.96. The Morgan fingerprint density at radius 3 is 2.20 bits per heavy atom. The van der Waals surface area contributed by atoms with Crippen LogP contribution < -0.4 is 16.1 Å². The molecule has 1 aliphatic heterocycles. The van der Waals surface area contributed by atoms with E-state index >= 15 is 0 Å². The topological polar surface area (TPSA) is 72.4 Å². The zero-order valence-electron chi connectivity index (χ0n) is 17.1. The number of ether oxygens (including phenoxy) is 1. The molecule has 0 spiro atoms. The molecule has 1 saturated heterocycles.